The molecule has 4 heteroatoms. The lowest BCUT2D eigenvalue weighted by Crippen LogP contribution is -2.59. The van der Waals surface area contributed by atoms with Crippen molar-refractivity contribution in [3.8, 4) is 0 Å². The molecule has 3 saturated carbocycles. The number of hydrogen-bond acceptors (Lipinski definition) is 3. The molecular weight excluding hydrogens is 367 g/mol. The number of rotatable bonds is 6. The molecule has 0 spiro atoms. The summed E-state index contributed by atoms with van der Waals surface area (Å²) in [5, 5.41) is 21.4. The maximum atomic E-state index is 12.6. The summed E-state index contributed by atoms with van der Waals surface area (Å²) in [6.45, 7) is 10.8. The van der Waals surface area contributed by atoms with Gasteiger partial charge in [0.25, 0.3) is 0 Å². The van der Waals surface area contributed by atoms with E-state index in [9.17, 15) is 19.4 Å². The van der Waals surface area contributed by atoms with Gasteiger partial charge in [-0.3, -0.25) is 4.79 Å². The summed E-state index contributed by atoms with van der Waals surface area (Å²) in [5.41, 5.74) is 0.360. The number of aliphatic hydroxyl groups excluding tert-OH is 2. The Labute approximate surface area is 176 Å². The third-order valence-corrected chi connectivity index (χ3v) is 10.3. The lowest BCUT2D eigenvalue weighted by atomic mass is 9.42. The Morgan fingerprint density at radius 2 is 1.83 bits per heavy atom. The predicted octanol–water partition coefficient (Wildman–Crippen LogP) is 5.18. The van der Waals surface area contributed by atoms with Crippen LogP contribution in [-0.4, -0.2) is 34.9 Å². The summed E-state index contributed by atoms with van der Waals surface area (Å²) in [6.07, 6.45) is 6.54. The summed E-state index contributed by atoms with van der Waals surface area (Å²) in [6, 6.07) is 0. The summed E-state index contributed by atoms with van der Waals surface area (Å²) in [4.78, 5) is 11.5. The number of carbonyl (C=O) groups excluding carboxylic acids is 1. The summed E-state index contributed by atoms with van der Waals surface area (Å²) >= 11 is 0. The largest absolute Gasteiger partial charge is 0.393 e. The first-order valence-electron chi connectivity index (χ1n) is 12.0. The van der Waals surface area contributed by atoms with E-state index in [0.29, 0.717) is 41.9 Å². The molecule has 0 aliphatic heterocycles. The summed E-state index contributed by atoms with van der Waals surface area (Å²) in [5.74, 6) is 2.19. The van der Waals surface area contributed by atoms with E-state index in [-0.39, 0.29) is 28.8 Å². The van der Waals surface area contributed by atoms with Crippen LogP contribution < -0.4 is 0 Å². The van der Waals surface area contributed by atoms with E-state index in [0.717, 1.165) is 44.9 Å². The smallest absolute Gasteiger partial charge is 0.163 e. The molecule has 10 unspecified atom stereocenters. The summed E-state index contributed by atoms with van der Waals surface area (Å²) in [7, 11) is 0. The number of carbonyl (C=O) groups is 1. The second kappa shape index (κ2) is 8.57. The zero-order valence-corrected chi connectivity index (χ0v) is 19.2. The maximum Gasteiger partial charge on any atom is 0.163 e. The molecule has 0 radical (unpaired) electrons. The van der Waals surface area contributed by atoms with Crippen molar-refractivity contribution in [2.24, 2.45) is 46.3 Å². The van der Waals surface area contributed by atoms with Gasteiger partial charge in [0.2, 0.25) is 0 Å². The van der Waals surface area contributed by atoms with Crippen LogP contribution in [0.1, 0.15) is 86.0 Å². The zero-order valence-electron chi connectivity index (χ0n) is 19.2. The first-order chi connectivity index (χ1) is 13.5. The Morgan fingerprint density at radius 3 is 2.48 bits per heavy atom. The van der Waals surface area contributed by atoms with Gasteiger partial charge in [-0.2, -0.15) is 0 Å². The topological polar surface area (TPSA) is 57.5 Å². The molecule has 0 bridgehead atoms. The minimum absolute atomic E-state index is 0.123. The minimum atomic E-state index is -0.848. The number of ketones is 1. The van der Waals surface area contributed by atoms with Gasteiger partial charge in [-0.1, -0.05) is 34.6 Å². The average molecular weight is 411 g/mol. The Kier molecular flexibility index (Phi) is 6.85. The van der Waals surface area contributed by atoms with Crippen LogP contribution in [0.5, 0.6) is 0 Å². The van der Waals surface area contributed by atoms with E-state index >= 15 is 0 Å². The quantitative estimate of drug-likeness (QED) is 0.634. The van der Waals surface area contributed by atoms with Gasteiger partial charge in [-0.25, -0.2) is 4.39 Å². The van der Waals surface area contributed by atoms with E-state index in [2.05, 4.69) is 34.6 Å². The molecule has 0 saturated heterocycles. The highest BCUT2D eigenvalue weighted by atomic mass is 19.1. The van der Waals surface area contributed by atoms with Crippen molar-refractivity contribution < 1.29 is 19.4 Å². The number of aliphatic hydroxyl groups is 2. The number of Topliss-reactive ketones (excluding diaryl/α,β-unsaturated/α-hetero) is 1. The molecule has 3 rings (SSSR count). The van der Waals surface area contributed by atoms with Crippen LogP contribution in [0.3, 0.4) is 0 Å². The minimum Gasteiger partial charge on any atom is -0.393 e. The second-order valence-electron chi connectivity index (χ2n) is 11.4. The Morgan fingerprint density at radius 1 is 1.14 bits per heavy atom. The van der Waals surface area contributed by atoms with Crippen LogP contribution in [0.4, 0.5) is 4.39 Å². The van der Waals surface area contributed by atoms with E-state index in [4.69, 9.17) is 0 Å². The molecular formula is C25H43FO3. The average Bonchev–Trinajstić information content (AvgIpc) is 2.69. The van der Waals surface area contributed by atoms with Gasteiger partial charge in [0.15, 0.2) is 5.78 Å². The zero-order chi connectivity index (χ0) is 21.6. The molecule has 29 heavy (non-hydrogen) atoms. The van der Waals surface area contributed by atoms with Crippen molar-refractivity contribution in [3.63, 3.8) is 0 Å². The molecule has 0 aromatic rings. The van der Waals surface area contributed by atoms with Gasteiger partial charge in [0.1, 0.15) is 6.67 Å². The Hall–Kier alpha value is -0.480. The highest BCUT2D eigenvalue weighted by Gasteiger charge is 2.59. The molecule has 3 aliphatic rings. The van der Waals surface area contributed by atoms with Crippen LogP contribution in [0.15, 0.2) is 0 Å². The fraction of sp³-hybridized carbons (Fsp3) is 0.960. The van der Waals surface area contributed by atoms with Gasteiger partial charge < -0.3 is 10.2 Å². The molecule has 0 amide bonds. The molecule has 0 heterocycles. The standard InChI is InChI=1S/C25H43FO3/c1-15(6-7-20(28)14-26)16(2)24(4)11-9-21-23(17(24)3)22(29)13-18-12-19(27)8-10-25(18,21)5/h15-19,21-23,27,29H,6-14H2,1-5H3. The number of alkyl halides is 1. The fourth-order valence-corrected chi connectivity index (χ4v) is 7.74. The Bertz CT molecular complexity index is 595. The van der Waals surface area contributed by atoms with E-state index in [1.165, 1.54) is 0 Å². The van der Waals surface area contributed by atoms with Crippen LogP contribution in [-0.2, 0) is 4.79 Å². The maximum absolute atomic E-state index is 12.6. The molecule has 0 aromatic carbocycles. The molecule has 3 fully saturated rings. The molecule has 168 valence electrons. The number of hydrogen-bond donors (Lipinski definition) is 2. The molecule has 0 aromatic heterocycles. The predicted molar refractivity (Wildman–Crippen MR) is 114 cm³/mol. The van der Waals surface area contributed by atoms with Crippen molar-refractivity contribution in [1.29, 1.82) is 0 Å². The van der Waals surface area contributed by atoms with Crippen LogP contribution in [0.25, 0.3) is 0 Å². The van der Waals surface area contributed by atoms with Crippen molar-refractivity contribution in [2.75, 3.05) is 6.67 Å². The van der Waals surface area contributed by atoms with Crippen molar-refractivity contribution in [3.05, 3.63) is 0 Å². The van der Waals surface area contributed by atoms with E-state index < -0.39 is 6.67 Å². The van der Waals surface area contributed by atoms with Crippen LogP contribution in [0.2, 0.25) is 0 Å². The van der Waals surface area contributed by atoms with Crippen LogP contribution in [0, 0.1) is 46.3 Å². The van der Waals surface area contributed by atoms with Gasteiger partial charge in [0, 0.05) is 6.42 Å². The summed E-state index contributed by atoms with van der Waals surface area (Å²) < 4.78 is 12.6. The van der Waals surface area contributed by atoms with Gasteiger partial charge in [-0.05, 0) is 91.3 Å². The van der Waals surface area contributed by atoms with Gasteiger partial charge in [-0.15, -0.1) is 0 Å². The first-order valence-corrected chi connectivity index (χ1v) is 12.0. The highest BCUT2D eigenvalue weighted by Crippen LogP contribution is 2.64. The normalized spacial score (nSPS) is 47.0. The van der Waals surface area contributed by atoms with Crippen molar-refractivity contribution in [2.45, 2.75) is 98.2 Å². The van der Waals surface area contributed by atoms with E-state index in [1.54, 1.807) is 0 Å². The van der Waals surface area contributed by atoms with Gasteiger partial charge in [0.05, 0.1) is 12.2 Å². The van der Waals surface area contributed by atoms with Crippen LogP contribution >= 0.6 is 0 Å². The highest BCUT2D eigenvalue weighted by molar-refractivity contribution is 5.79. The molecule has 3 nitrogen and oxygen atoms in total. The van der Waals surface area contributed by atoms with E-state index in [1.807, 2.05) is 0 Å². The third-order valence-electron chi connectivity index (χ3n) is 10.3. The number of halogens is 1. The fourth-order valence-electron chi connectivity index (χ4n) is 7.74. The Balaban J connectivity index is 1.77. The third kappa shape index (κ3) is 4.05. The van der Waals surface area contributed by atoms with Crippen molar-refractivity contribution in [1.82, 2.24) is 0 Å². The first kappa shape index (κ1) is 23.2. The lowest BCUT2D eigenvalue weighted by molar-refractivity contribution is -0.180. The monoisotopic (exact) mass is 410 g/mol. The SMILES string of the molecule is CC(CCC(=O)CF)C(C)C1(C)CCC2C(C(O)CC3CC(O)CCC32C)C1C. The second-order valence-corrected chi connectivity index (χ2v) is 11.4. The molecule has 2 N–H and O–H groups in total. The number of fused-ring (bicyclic) bond motifs is 3. The van der Waals surface area contributed by atoms with Gasteiger partial charge >= 0.3 is 0 Å². The lowest BCUT2D eigenvalue weighted by Gasteiger charge is -2.63. The molecule has 10 atom stereocenters. The molecule has 3 aliphatic carbocycles. The van der Waals surface area contributed by atoms with Crippen molar-refractivity contribution >= 4 is 5.78 Å².